The topological polar surface area (TPSA) is 232 Å². The first-order chi connectivity index (χ1) is 13.7. The number of nitrogens with zero attached hydrogens (tertiary/aromatic N) is 2. The van der Waals surface area contributed by atoms with Gasteiger partial charge in [-0.25, -0.2) is 14.6 Å². The van der Waals surface area contributed by atoms with Crippen molar-refractivity contribution < 1.29 is 0 Å². The maximum absolute atomic E-state index is 11.0. The molecule has 0 aromatic carbocycles. The third-order valence-corrected chi connectivity index (χ3v) is 3.32. The number of aromatic nitrogens is 8. The minimum Gasteiger partial charge on any atom is -0.369 e. The van der Waals surface area contributed by atoms with Gasteiger partial charge in [-0.15, -0.1) is 0 Å². The van der Waals surface area contributed by atoms with E-state index in [4.69, 9.17) is 5.73 Å². The van der Waals surface area contributed by atoms with Gasteiger partial charge < -0.3 is 20.7 Å². The lowest BCUT2D eigenvalue weighted by atomic mass is 10.4. The highest BCUT2D eigenvalue weighted by molar-refractivity contribution is 5.69. The first-order valence-electron chi connectivity index (χ1n) is 7.93. The second kappa shape index (κ2) is 8.94. The average Bonchev–Trinajstić information content (AvgIpc) is 3.12. The van der Waals surface area contributed by atoms with Gasteiger partial charge in [-0.2, -0.15) is 4.98 Å². The molecule has 0 aliphatic heterocycles. The number of nitrogens with two attached hydrogens (primary N) is 1. The summed E-state index contributed by atoms with van der Waals surface area (Å²) in [6.45, 7) is 3.24. The third-order valence-electron chi connectivity index (χ3n) is 3.32. The first-order valence-corrected chi connectivity index (χ1v) is 7.93. The Hall–Kier alpha value is -4.49. The van der Waals surface area contributed by atoms with E-state index < -0.39 is 11.4 Å². The van der Waals surface area contributed by atoms with Crippen LogP contribution in [0.25, 0.3) is 11.2 Å². The predicted octanol–water partition coefficient (Wildman–Crippen LogP) is -2.03. The fourth-order valence-electron chi connectivity index (χ4n) is 1.81. The molecule has 0 radical (unpaired) electrons. The number of aryl methyl sites for hydroxylation is 2. The SMILES string of the molecule is Cc1c[nH]c(=O)[nH]c1=O.Cc1c[nH]c(=O)[nH]c1=O.Nc1nc2nc[nH]c2c(=O)[nH]1. The number of imidazole rings is 1. The fourth-order valence-corrected chi connectivity index (χ4v) is 1.81. The van der Waals surface area contributed by atoms with Crippen LogP contribution in [0.4, 0.5) is 5.95 Å². The minimum atomic E-state index is -0.467. The van der Waals surface area contributed by atoms with E-state index in [9.17, 15) is 24.0 Å². The van der Waals surface area contributed by atoms with E-state index in [-0.39, 0.29) is 22.6 Å². The van der Waals surface area contributed by atoms with Crippen LogP contribution in [0, 0.1) is 13.8 Å². The van der Waals surface area contributed by atoms with Gasteiger partial charge in [0.05, 0.1) is 6.33 Å². The number of nitrogens with one attached hydrogen (secondary N) is 6. The van der Waals surface area contributed by atoms with Gasteiger partial charge in [-0.05, 0) is 13.8 Å². The van der Waals surface area contributed by atoms with Crippen molar-refractivity contribution in [2.24, 2.45) is 0 Å². The monoisotopic (exact) mass is 403 g/mol. The van der Waals surface area contributed by atoms with Crippen LogP contribution in [0.1, 0.15) is 11.1 Å². The van der Waals surface area contributed by atoms with E-state index >= 15 is 0 Å². The van der Waals surface area contributed by atoms with E-state index in [0.29, 0.717) is 22.3 Å². The number of fused-ring (bicyclic) bond motifs is 1. The zero-order valence-electron chi connectivity index (χ0n) is 15.2. The van der Waals surface area contributed by atoms with Crippen molar-refractivity contribution in [2.45, 2.75) is 13.8 Å². The molecule has 0 spiro atoms. The van der Waals surface area contributed by atoms with Gasteiger partial charge in [-0.3, -0.25) is 29.3 Å². The summed E-state index contributed by atoms with van der Waals surface area (Å²) in [5, 5.41) is 0. The molecule has 4 aromatic heterocycles. The van der Waals surface area contributed by atoms with Gasteiger partial charge in [0, 0.05) is 23.5 Å². The molecule has 0 saturated heterocycles. The maximum atomic E-state index is 11.0. The standard InChI is InChI=1S/C5H5N5O.2C5H6N2O2/c6-5-9-3-2(4(11)10-5)7-1-8-3;2*1-3-2-6-5(9)7-4(3)8/h1H,(H4,6,7,8,9,10,11);2*2H,1H3,(H2,6,7,8,9). The van der Waals surface area contributed by atoms with Gasteiger partial charge >= 0.3 is 11.4 Å². The molecule has 0 atom stereocenters. The lowest BCUT2D eigenvalue weighted by molar-refractivity contribution is 1.01. The predicted molar refractivity (Wildman–Crippen MR) is 104 cm³/mol. The van der Waals surface area contributed by atoms with Crippen molar-refractivity contribution in [1.82, 2.24) is 39.9 Å². The van der Waals surface area contributed by atoms with Crippen LogP contribution in [0.5, 0.6) is 0 Å². The highest BCUT2D eigenvalue weighted by atomic mass is 16.2. The number of aromatic amines is 6. The van der Waals surface area contributed by atoms with Crippen molar-refractivity contribution in [3.63, 3.8) is 0 Å². The third kappa shape index (κ3) is 5.75. The number of nitrogen functional groups attached to an aromatic ring is 1. The molecule has 14 heteroatoms. The maximum Gasteiger partial charge on any atom is 0.325 e. The van der Waals surface area contributed by atoms with Crippen molar-refractivity contribution in [2.75, 3.05) is 5.73 Å². The summed E-state index contributed by atoms with van der Waals surface area (Å²) in [6.07, 6.45) is 4.15. The van der Waals surface area contributed by atoms with Gasteiger partial charge in [0.1, 0.15) is 0 Å². The molecule has 0 saturated carbocycles. The lowest BCUT2D eigenvalue weighted by Crippen LogP contribution is -2.22. The van der Waals surface area contributed by atoms with Crippen LogP contribution in [0.2, 0.25) is 0 Å². The molecule has 0 fully saturated rings. The average molecular weight is 403 g/mol. The molecule has 4 rings (SSSR count). The molecule has 0 unspecified atom stereocenters. The first kappa shape index (κ1) is 20.8. The van der Waals surface area contributed by atoms with E-state index in [2.05, 4.69) is 39.9 Å². The van der Waals surface area contributed by atoms with Gasteiger partial charge in [0.15, 0.2) is 11.2 Å². The van der Waals surface area contributed by atoms with Gasteiger partial charge in [-0.1, -0.05) is 0 Å². The quantitative estimate of drug-likeness (QED) is 0.172. The Kier molecular flexibility index (Phi) is 6.42. The molecule has 0 bridgehead atoms. The number of H-pyrrole nitrogens is 6. The van der Waals surface area contributed by atoms with Crippen LogP contribution in [0.3, 0.4) is 0 Å². The van der Waals surface area contributed by atoms with Crippen molar-refractivity contribution in [1.29, 1.82) is 0 Å². The van der Waals surface area contributed by atoms with Crippen LogP contribution in [-0.2, 0) is 0 Å². The zero-order valence-corrected chi connectivity index (χ0v) is 15.2. The largest absolute Gasteiger partial charge is 0.369 e. The van der Waals surface area contributed by atoms with Crippen LogP contribution >= 0.6 is 0 Å². The summed E-state index contributed by atoms with van der Waals surface area (Å²) < 4.78 is 0. The Bertz CT molecular complexity index is 1340. The Morgan fingerprint density at radius 1 is 0.759 bits per heavy atom. The summed E-state index contributed by atoms with van der Waals surface area (Å²) in [5.41, 5.74) is 5.06. The summed E-state index contributed by atoms with van der Waals surface area (Å²) in [4.78, 5) is 74.1. The van der Waals surface area contributed by atoms with Crippen molar-refractivity contribution >= 4 is 17.1 Å². The van der Waals surface area contributed by atoms with Crippen molar-refractivity contribution in [3.05, 3.63) is 81.9 Å². The smallest absolute Gasteiger partial charge is 0.325 e. The van der Waals surface area contributed by atoms with E-state index in [1.807, 2.05) is 0 Å². The summed E-state index contributed by atoms with van der Waals surface area (Å²) in [5.74, 6) is 0.0783. The second-order valence-corrected chi connectivity index (χ2v) is 5.56. The van der Waals surface area contributed by atoms with E-state index in [1.165, 1.54) is 18.7 Å². The molecule has 152 valence electrons. The molecular weight excluding hydrogens is 386 g/mol. The summed E-state index contributed by atoms with van der Waals surface area (Å²) >= 11 is 0. The number of rotatable bonds is 0. The number of anilines is 1. The molecule has 0 amide bonds. The molecule has 8 N–H and O–H groups in total. The van der Waals surface area contributed by atoms with Crippen LogP contribution in [0.15, 0.2) is 42.7 Å². The Balaban J connectivity index is 0.000000157. The zero-order chi connectivity index (χ0) is 21.6. The fraction of sp³-hybridized carbons (Fsp3) is 0.133. The molecule has 0 aliphatic carbocycles. The molecule has 14 nitrogen and oxygen atoms in total. The number of hydrogen-bond acceptors (Lipinski definition) is 8. The second-order valence-electron chi connectivity index (χ2n) is 5.56. The highest BCUT2D eigenvalue weighted by Crippen LogP contribution is 1.98. The molecule has 4 aromatic rings. The Labute approximate surface area is 159 Å². The molecule has 29 heavy (non-hydrogen) atoms. The Morgan fingerprint density at radius 2 is 1.28 bits per heavy atom. The van der Waals surface area contributed by atoms with Crippen molar-refractivity contribution in [3.8, 4) is 0 Å². The minimum absolute atomic E-state index is 0.0783. The van der Waals surface area contributed by atoms with Gasteiger partial charge in [0.25, 0.3) is 16.7 Å². The molecule has 0 aliphatic rings. The van der Waals surface area contributed by atoms with Crippen LogP contribution in [-0.4, -0.2) is 39.9 Å². The Morgan fingerprint density at radius 3 is 1.72 bits per heavy atom. The van der Waals surface area contributed by atoms with E-state index in [0.717, 1.165) is 0 Å². The van der Waals surface area contributed by atoms with Gasteiger partial charge in [0.2, 0.25) is 5.95 Å². The van der Waals surface area contributed by atoms with Crippen LogP contribution < -0.4 is 33.8 Å². The number of hydrogen-bond donors (Lipinski definition) is 7. The van der Waals surface area contributed by atoms with E-state index in [1.54, 1.807) is 13.8 Å². The summed E-state index contributed by atoms with van der Waals surface area (Å²) in [7, 11) is 0. The summed E-state index contributed by atoms with van der Waals surface area (Å²) in [6, 6.07) is 0. The normalized spacial score (nSPS) is 9.86. The highest BCUT2D eigenvalue weighted by Gasteiger charge is 2.01. The molecular formula is C15H17N9O5. The lowest BCUT2D eigenvalue weighted by Gasteiger charge is -1.89. The molecule has 4 heterocycles.